The van der Waals surface area contributed by atoms with Gasteiger partial charge in [-0.05, 0) is 31.2 Å². The third kappa shape index (κ3) is 4.95. The molecule has 2 aromatic carbocycles. The first-order valence-electron chi connectivity index (χ1n) is 7.20. The van der Waals surface area contributed by atoms with Crippen molar-refractivity contribution in [1.82, 2.24) is 10.9 Å². The topological polar surface area (TPSA) is 84.5 Å². The average Bonchev–Trinajstić information content (AvgIpc) is 2.59. The van der Waals surface area contributed by atoms with E-state index >= 15 is 0 Å². The molecule has 130 valence electrons. The van der Waals surface area contributed by atoms with Crippen LogP contribution in [0.3, 0.4) is 0 Å². The third-order valence-corrected chi connectivity index (χ3v) is 3.79. The second kappa shape index (κ2) is 8.50. The standard InChI is InChI=1S/C17H14Cl2N2O4/c1-10(25-17(24)14-12(18)8-5-9-13(14)19)15(22)20-21-16(23)11-6-3-2-4-7-11/h2-10H,1H3,(H,20,22)(H,21,23)/t10-/m0/s1. The van der Waals surface area contributed by atoms with Gasteiger partial charge in [0.05, 0.1) is 15.6 Å². The highest BCUT2D eigenvalue weighted by Crippen LogP contribution is 2.25. The molecule has 0 spiro atoms. The predicted octanol–water partition coefficient (Wildman–Crippen LogP) is 3.00. The highest BCUT2D eigenvalue weighted by atomic mass is 35.5. The highest BCUT2D eigenvalue weighted by Gasteiger charge is 2.22. The molecule has 2 amide bonds. The Morgan fingerprint density at radius 3 is 2.12 bits per heavy atom. The molecule has 0 heterocycles. The normalized spacial score (nSPS) is 11.3. The summed E-state index contributed by atoms with van der Waals surface area (Å²) < 4.78 is 5.03. The Morgan fingerprint density at radius 1 is 0.920 bits per heavy atom. The molecule has 0 unspecified atom stereocenters. The number of carbonyl (C=O) groups is 3. The van der Waals surface area contributed by atoms with E-state index in [4.69, 9.17) is 27.9 Å². The van der Waals surface area contributed by atoms with Crippen molar-refractivity contribution in [3.8, 4) is 0 Å². The average molecular weight is 381 g/mol. The number of hydrogen-bond acceptors (Lipinski definition) is 4. The fraction of sp³-hybridized carbons (Fsp3) is 0.118. The Balaban J connectivity index is 1.92. The quantitative estimate of drug-likeness (QED) is 0.630. The van der Waals surface area contributed by atoms with Crippen LogP contribution in [0.1, 0.15) is 27.6 Å². The number of nitrogens with one attached hydrogen (secondary N) is 2. The van der Waals surface area contributed by atoms with Crippen molar-refractivity contribution in [1.29, 1.82) is 0 Å². The van der Waals surface area contributed by atoms with Crippen LogP contribution in [0.5, 0.6) is 0 Å². The molecule has 0 saturated carbocycles. The minimum Gasteiger partial charge on any atom is -0.449 e. The minimum absolute atomic E-state index is 0.0289. The van der Waals surface area contributed by atoms with Crippen molar-refractivity contribution in [2.75, 3.05) is 0 Å². The smallest absolute Gasteiger partial charge is 0.341 e. The number of hydrazine groups is 1. The predicted molar refractivity (Wildman–Crippen MR) is 93.4 cm³/mol. The van der Waals surface area contributed by atoms with Crippen LogP contribution in [-0.4, -0.2) is 23.9 Å². The van der Waals surface area contributed by atoms with E-state index < -0.39 is 23.9 Å². The van der Waals surface area contributed by atoms with Crippen LogP contribution in [0.4, 0.5) is 0 Å². The van der Waals surface area contributed by atoms with Gasteiger partial charge in [-0.1, -0.05) is 47.5 Å². The van der Waals surface area contributed by atoms with Crippen LogP contribution in [0.25, 0.3) is 0 Å². The van der Waals surface area contributed by atoms with Crippen LogP contribution >= 0.6 is 23.2 Å². The summed E-state index contributed by atoms with van der Waals surface area (Å²) in [6, 6.07) is 12.9. The van der Waals surface area contributed by atoms with E-state index in [-0.39, 0.29) is 15.6 Å². The fourth-order valence-corrected chi connectivity index (χ4v) is 2.40. The molecule has 1 atom stereocenters. The van der Waals surface area contributed by atoms with E-state index in [1.807, 2.05) is 0 Å². The zero-order chi connectivity index (χ0) is 18.4. The molecule has 6 nitrogen and oxygen atoms in total. The van der Waals surface area contributed by atoms with Crippen molar-refractivity contribution in [2.24, 2.45) is 0 Å². The Kier molecular flexibility index (Phi) is 6.38. The summed E-state index contributed by atoms with van der Waals surface area (Å²) >= 11 is 11.8. The van der Waals surface area contributed by atoms with E-state index in [2.05, 4.69) is 10.9 Å². The summed E-state index contributed by atoms with van der Waals surface area (Å²) in [6.45, 7) is 1.35. The van der Waals surface area contributed by atoms with Crippen LogP contribution in [0.15, 0.2) is 48.5 Å². The molecule has 2 aromatic rings. The minimum atomic E-state index is -1.17. The molecule has 0 radical (unpaired) electrons. The first kappa shape index (κ1) is 18.8. The second-order valence-corrected chi connectivity index (χ2v) is 5.77. The van der Waals surface area contributed by atoms with Crippen molar-refractivity contribution >= 4 is 41.0 Å². The third-order valence-electron chi connectivity index (χ3n) is 3.16. The Labute approximate surface area is 154 Å². The van der Waals surface area contributed by atoms with Gasteiger partial charge in [0.15, 0.2) is 6.10 Å². The monoisotopic (exact) mass is 380 g/mol. The number of esters is 1. The van der Waals surface area contributed by atoms with E-state index in [9.17, 15) is 14.4 Å². The number of halogens is 2. The van der Waals surface area contributed by atoms with Crippen LogP contribution in [0.2, 0.25) is 10.0 Å². The number of amides is 2. The Hall–Kier alpha value is -2.57. The highest BCUT2D eigenvalue weighted by molar-refractivity contribution is 6.39. The molecule has 8 heteroatoms. The van der Waals surface area contributed by atoms with E-state index in [1.54, 1.807) is 36.4 Å². The molecular weight excluding hydrogens is 367 g/mol. The second-order valence-electron chi connectivity index (χ2n) is 4.95. The number of hydrogen-bond donors (Lipinski definition) is 2. The zero-order valence-corrected chi connectivity index (χ0v) is 14.6. The number of ether oxygens (including phenoxy) is 1. The van der Waals surface area contributed by atoms with Crippen LogP contribution in [0, 0.1) is 0 Å². The molecule has 0 aliphatic carbocycles. The maximum atomic E-state index is 12.1. The maximum Gasteiger partial charge on any atom is 0.341 e. The lowest BCUT2D eigenvalue weighted by atomic mass is 10.2. The van der Waals surface area contributed by atoms with Crippen molar-refractivity contribution in [3.63, 3.8) is 0 Å². The van der Waals surface area contributed by atoms with Gasteiger partial charge >= 0.3 is 5.97 Å². The van der Waals surface area contributed by atoms with Crippen molar-refractivity contribution < 1.29 is 19.1 Å². The fourth-order valence-electron chi connectivity index (χ4n) is 1.85. The lowest BCUT2D eigenvalue weighted by molar-refractivity contribution is -0.129. The van der Waals surface area contributed by atoms with Crippen molar-refractivity contribution in [3.05, 3.63) is 69.7 Å². The molecule has 2 rings (SSSR count). The summed E-state index contributed by atoms with van der Waals surface area (Å²) in [4.78, 5) is 35.9. The first-order valence-corrected chi connectivity index (χ1v) is 7.96. The Morgan fingerprint density at radius 2 is 1.52 bits per heavy atom. The Bertz CT molecular complexity index is 776. The summed E-state index contributed by atoms with van der Waals surface area (Å²) in [5.74, 6) is -2.05. The van der Waals surface area contributed by atoms with Gasteiger partial charge in [0, 0.05) is 5.56 Å². The first-order chi connectivity index (χ1) is 11.9. The van der Waals surface area contributed by atoms with Crippen molar-refractivity contribution in [2.45, 2.75) is 13.0 Å². The van der Waals surface area contributed by atoms with Gasteiger partial charge in [-0.3, -0.25) is 20.4 Å². The molecule has 0 aromatic heterocycles. The number of rotatable bonds is 4. The van der Waals surface area contributed by atoms with Gasteiger partial charge in [-0.15, -0.1) is 0 Å². The largest absolute Gasteiger partial charge is 0.449 e. The van der Waals surface area contributed by atoms with Gasteiger partial charge in [0.25, 0.3) is 11.8 Å². The van der Waals surface area contributed by atoms with Gasteiger partial charge in [0.1, 0.15) is 0 Å². The molecule has 0 aliphatic heterocycles. The molecule has 0 aliphatic rings. The summed E-state index contributed by atoms with van der Waals surface area (Å²) in [7, 11) is 0. The molecule has 0 fully saturated rings. The van der Waals surface area contributed by atoms with Crippen LogP contribution in [-0.2, 0) is 9.53 Å². The van der Waals surface area contributed by atoms with Crippen LogP contribution < -0.4 is 10.9 Å². The van der Waals surface area contributed by atoms with Gasteiger partial charge < -0.3 is 4.74 Å². The van der Waals surface area contributed by atoms with Gasteiger partial charge in [-0.25, -0.2) is 4.79 Å². The summed E-state index contributed by atoms with van der Waals surface area (Å²) in [6.07, 6.45) is -1.17. The number of benzene rings is 2. The van der Waals surface area contributed by atoms with E-state index in [1.165, 1.54) is 19.1 Å². The summed E-state index contributed by atoms with van der Waals surface area (Å²) in [5.41, 5.74) is 4.76. The molecule has 25 heavy (non-hydrogen) atoms. The number of carbonyl (C=O) groups excluding carboxylic acids is 3. The summed E-state index contributed by atoms with van der Waals surface area (Å²) in [5, 5.41) is 0.227. The lowest BCUT2D eigenvalue weighted by Crippen LogP contribution is -2.46. The molecule has 0 bridgehead atoms. The molecule has 0 saturated heterocycles. The van der Waals surface area contributed by atoms with E-state index in [0.717, 1.165) is 0 Å². The SMILES string of the molecule is C[C@H](OC(=O)c1c(Cl)cccc1Cl)C(=O)NNC(=O)c1ccccc1. The zero-order valence-electron chi connectivity index (χ0n) is 13.1. The van der Waals surface area contributed by atoms with E-state index in [0.29, 0.717) is 5.56 Å². The van der Waals surface area contributed by atoms with Gasteiger partial charge in [0.2, 0.25) is 0 Å². The molecular formula is C17H14Cl2N2O4. The molecule has 2 N–H and O–H groups in total. The van der Waals surface area contributed by atoms with Gasteiger partial charge in [-0.2, -0.15) is 0 Å². The maximum absolute atomic E-state index is 12.1. The lowest BCUT2D eigenvalue weighted by Gasteiger charge is -2.15.